The van der Waals surface area contributed by atoms with Crippen molar-refractivity contribution < 1.29 is 0 Å². The SMILES string of the molecule is CCCCCCC(/C=N\Nc1ccccn1)=C/c1ccccc1. The van der Waals surface area contributed by atoms with E-state index in [0.29, 0.717) is 0 Å². The maximum atomic E-state index is 4.33. The molecule has 0 spiro atoms. The number of hydrazone groups is 1. The highest BCUT2D eigenvalue weighted by Crippen LogP contribution is 2.13. The van der Waals surface area contributed by atoms with Gasteiger partial charge < -0.3 is 0 Å². The minimum atomic E-state index is 0.758. The third kappa shape index (κ3) is 6.92. The smallest absolute Gasteiger partial charge is 0.146 e. The first-order valence-corrected chi connectivity index (χ1v) is 8.34. The van der Waals surface area contributed by atoms with Crippen molar-refractivity contribution in [1.82, 2.24) is 4.98 Å². The zero-order valence-electron chi connectivity index (χ0n) is 13.8. The van der Waals surface area contributed by atoms with Gasteiger partial charge in [0.2, 0.25) is 0 Å². The van der Waals surface area contributed by atoms with Gasteiger partial charge in [-0.15, -0.1) is 0 Å². The molecule has 3 nitrogen and oxygen atoms in total. The molecule has 0 amide bonds. The summed E-state index contributed by atoms with van der Waals surface area (Å²) in [6.07, 6.45) is 11.9. The van der Waals surface area contributed by atoms with Gasteiger partial charge in [-0.1, -0.05) is 68.7 Å². The van der Waals surface area contributed by atoms with Crippen LogP contribution in [0.4, 0.5) is 5.82 Å². The summed E-state index contributed by atoms with van der Waals surface area (Å²) in [5.74, 6) is 0.758. The molecule has 23 heavy (non-hydrogen) atoms. The van der Waals surface area contributed by atoms with Gasteiger partial charge in [-0.25, -0.2) is 4.98 Å². The molecule has 0 aliphatic rings. The number of nitrogens with zero attached hydrogens (tertiary/aromatic N) is 2. The van der Waals surface area contributed by atoms with E-state index in [-0.39, 0.29) is 0 Å². The molecular formula is C20H25N3. The van der Waals surface area contributed by atoms with Crippen LogP contribution in [-0.2, 0) is 0 Å². The lowest BCUT2D eigenvalue weighted by Crippen LogP contribution is -1.94. The second kappa shape index (κ2) is 10.3. The van der Waals surface area contributed by atoms with Crippen molar-refractivity contribution in [3.63, 3.8) is 0 Å². The summed E-state index contributed by atoms with van der Waals surface area (Å²) in [5, 5.41) is 4.33. The molecule has 1 aromatic carbocycles. The van der Waals surface area contributed by atoms with E-state index in [9.17, 15) is 0 Å². The van der Waals surface area contributed by atoms with E-state index in [0.717, 1.165) is 12.2 Å². The van der Waals surface area contributed by atoms with Gasteiger partial charge in [-0.05, 0) is 36.1 Å². The molecule has 0 aliphatic heterocycles. The van der Waals surface area contributed by atoms with Crippen LogP contribution >= 0.6 is 0 Å². The number of rotatable bonds is 9. The Morgan fingerprint density at radius 3 is 2.61 bits per heavy atom. The average molecular weight is 307 g/mol. The molecule has 0 radical (unpaired) electrons. The normalized spacial score (nSPS) is 11.8. The summed E-state index contributed by atoms with van der Waals surface area (Å²) in [6.45, 7) is 2.24. The maximum absolute atomic E-state index is 4.33. The standard InChI is InChI=1S/C20H25N3/c1-2-3-4-6-13-19(16-18-11-7-5-8-12-18)17-22-23-20-14-9-10-15-21-20/h5,7-12,14-17H,2-4,6,13H2,1H3,(H,21,23)/b19-16-,22-17-. The predicted octanol–water partition coefficient (Wildman–Crippen LogP) is 5.53. The lowest BCUT2D eigenvalue weighted by atomic mass is 10.0. The van der Waals surface area contributed by atoms with E-state index in [1.165, 1.54) is 36.8 Å². The lowest BCUT2D eigenvalue weighted by molar-refractivity contribution is 0.671. The Labute approximate surface area is 139 Å². The number of aromatic nitrogens is 1. The highest BCUT2D eigenvalue weighted by molar-refractivity contribution is 5.85. The van der Waals surface area contributed by atoms with Crippen molar-refractivity contribution in [2.24, 2.45) is 5.10 Å². The zero-order valence-corrected chi connectivity index (χ0v) is 13.8. The van der Waals surface area contributed by atoms with Gasteiger partial charge in [0.25, 0.3) is 0 Å². The third-order valence-corrected chi connectivity index (χ3v) is 3.55. The lowest BCUT2D eigenvalue weighted by Gasteiger charge is -2.04. The Balaban J connectivity index is 1.99. The Morgan fingerprint density at radius 2 is 1.87 bits per heavy atom. The van der Waals surface area contributed by atoms with Crippen molar-refractivity contribution in [2.45, 2.75) is 39.0 Å². The number of hydrogen-bond acceptors (Lipinski definition) is 3. The molecule has 1 N–H and O–H groups in total. The van der Waals surface area contributed by atoms with Crippen LogP contribution in [-0.4, -0.2) is 11.2 Å². The summed E-state index contributed by atoms with van der Waals surface area (Å²) >= 11 is 0. The van der Waals surface area contributed by atoms with E-state index in [1.54, 1.807) is 6.20 Å². The number of hydrogen-bond donors (Lipinski definition) is 1. The van der Waals surface area contributed by atoms with Gasteiger partial charge in [-0.3, -0.25) is 5.43 Å². The Kier molecular flexibility index (Phi) is 7.61. The van der Waals surface area contributed by atoms with Gasteiger partial charge in [0.05, 0.1) is 6.21 Å². The molecule has 0 saturated carbocycles. The van der Waals surface area contributed by atoms with Crippen LogP contribution in [0.2, 0.25) is 0 Å². The predicted molar refractivity (Wildman–Crippen MR) is 99.5 cm³/mol. The fourth-order valence-electron chi connectivity index (χ4n) is 2.30. The van der Waals surface area contributed by atoms with Gasteiger partial charge in [0.15, 0.2) is 0 Å². The topological polar surface area (TPSA) is 37.3 Å². The molecule has 3 heteroatoms. The zero-order chi connectivity index (χ0) is 16.2. The minimum absolute atomic E-state index is 0.758. The molecule has 1 heterocycles. The Bertz CT molecular complexity index is 603. The van der Waals surface area contributed by atoms with Crippen molar-refractivity contribution in [1.29, 1.82) is 0 Å². The highest BCUT2D eigenvalue weighted by Gasteiger charge is 1.97. The molecule has 120 valence electrons. The molecule has 0 aliphatic carbocycles. The van der Waals surface area contributed by atoms with E-state index in [2.05, 4.69) is 52.8 Å². The Morgan fingerprint density at radius 1 is 1.04 bits per heavy atom. The molecule has 0 bridgehead atoms. The first-order valence-electron chi connectivity index (χ1n) is 8.34. The van der Waals surface area contributed by atoms with Crippen LogP contribution in [0.25, 0.3) is 6.08 Å². The maximum Gasteiger partial charge on any atom is 0.146 e. The number of unbranched alkanes of at least 4 members (excludes halogenated alkanes) is 3. The molecule has 0 saturated heterocycles. The fourth-order valence-corrected chi connectivity index (χ4v) is 2.30. The van der Waals surface area contributed by atoms with Gasteiger partial charge >= 0.3 is 0 Å². The van der Waals surface area contributed by atoms with Gasteiger partial charge in [0, 0.05) is 6.20 Å². The van der Waals surface area contributed by atoms with Crippen LogP contribution in [0, 0.1) is 0 Å². The monoisotopic (exact) mass is 307 g/mol. The summed E-state index contributed by atoms with van der Waals surface area (Å²) in [4.78, 5) is 4.20. The second-order valence-corrected chi connectivity index (χ2v) is 5.53. The summed E-state index contributed by atoms with van der Waals surface area (Å²) < 4.78 is 0. The summed E-state index contributed by atoms with van der Waals surface area (Å²) in [7, 11) is 0. The van der Waals surface area contributed by atoms with Crippen LogP contribution in [0.5, 0.6) is 0 Å². The molecule has 0 atom stereocenters. The first kappa shape index (κ1) is 16.9. The van der Waals surface area contributed by atoms with Crippen LogP contribution in [0.1, 0.15) is 44.6 Å². The van der Waals surface area contributed by atoms with Crippen LogP contribution in [0.15, 0.2) is 65.4 Å². The van der Waals surface area contributed by atoms with Crippen molar-refractivity contribution in [3.8, 4) is 0 Å². The first-order chi connectivity index (χ1) is 11.4. The highest BCUT2D eigenvalue weighted by atomic mass is 15.3. The van der Waals surface area contributed by atoms with E-state index < -0.39 is 0 Å². The average Bonchev–Trinajstić information content (AvgIpc) is 2.60. The third-order valence-electron chi connectivity index (χ3n) is 3.55. The molecule has 0 fully saturated rings. The van der Waals surface area contributed by atoms with Gasteiger partial charge in [-0.2, -0.15) is 5.10 Å². The van der Waals surface area contributed by atoms with E-state index in [1.807, 2.05) is 30.5 Å². The van der Waals surface area contributed by atoms with Crippen LogP contribution in [0.3, 0.4) is 0 Å². The van der Waals surface area contributed by atoms with Crippen LogP contribution < -0.4 is 5.43 Å². The fraction of sp³-hybridized carbons (Fsp3) is 0.300. The minimum Gasteiger partial charge on any atom is -0.261 e. The number of allylic oxidation sites excluding steroid dienone is 1. The van der Waals surface area contributed by atoms with Gasteiger partial charge in [0.1, 0.15) is 5.82 Å². The van der Waals surface area contributed by atoms with E-state index >= 15 is 0 Å². The molecule has 1 aromatic heterocycles. The number of nitrogens with one attached hydrogen (secondary N) is 1. The quantitative estimate of drug-likeness (QED) is 0.375. The summed E-state index contributed by atoms with van der Waals surface area (Å²) in [6, 6.07) is 16.1. The molecule has 2 aromatic rings. The number of benzene rings is 1. The van der Waals surface area contributed by atoms with Crippen molar-refractivity contribution in [3.05, 3.63) is 65.9 Å². The number of pyridine rings is 1. The number of anilines is 1. The molecular weight excluding hydrogens is 282 g/mol. The molecule has 2 rings (SSSR count). The molecule has 0 unspecified atom stereocenters. The van der Waals surface area contributed by atoms with Crippen molar-refractivity contribution >= 4 is 18.1 Å². The second-order valence-electron chi connectivity index (χ2n) is 5.53. The largest absolute Gasteiger partial charge is 0.261 e. The summed E-state index contributed by atoms with van der Waals surface area (Å²) in [5.41, 5.74) is 5.42. The van der Waals surface area contributed by atoms with E-state index in [4.69, 9.17) is 0 Å². The Hall–Kier alpha value is -2.42. The van der Waals surface area contributed by atoms with Crippen molar-refractivity contribution in [2.75, 3.05) is 5.43 Å².